The number of benzene rings is 2. The van der Waals surface area contributed by atoms with Crippen molar-refractivity contribution >= 4 is 47.1 Å². The Bertz CT molecular complexity index is 1670. The number of aliphatic imine (C=N–C) groups is 1. The molecule has 3 aliphatic rings. The van der Waals surface area contributed by atoms with E-state index in [2.05, 4.69) is 35.5 Å². The lowest BCUT2D eigenvalue weighted by Gasteiger charge is -2.41. The number of aromatic nitrogens is 3. The van der Waals surface area contributed by atoms with Crippen LogP contribution in [0.1, 0.15) is 48.0 Å². The minimum Gasteiger partial charge on any atom is -0.454 e. The Balaban J connectivity index is 1.11. The number of rotatable bonds is 8. The summed E-state index contributed by atoms with van der Waals surface area (Å²) in [7, 11) is 0. The van der Waals surface area contributed by atoms with Crippen LogP contribution in [-0.2, 0) is 5.54 Å². The van der Waals surface area contributed by atoms with Gasteiger partial charge in [0.15, 0.2) is 6.61 Å². The summed E-state index contributed by atoms with van der Waals surface area (Å²) in [6.07, 6.45) is 0.0965. The molecule has 3 aromatic rings. The van der Waals surface area contributed by atoms with Gasteiger partial charge in [0.1, 0.15) is 0 Å². The van der Waals surface area contributed by atoms with Crippen LogP contribution in [0.4, 0.5) is 35.5 Å². The molecule has 3 amide bonds. The van der Waals surface area contributed by atoms with Gasteiger partial charge in [-0.15, -0.1) is 0 Å². The topological polar surface area (TPSA) is 154 Å². The van der Waals surface area contributed by atoms with Crippen LogP contribution in [0.2, 0.25) is 5.02 Å². The zero-order chi connectivity index (χ0) is 34.6. The van der Waals surface area contributed by atoms with Gasteiger partial charge in [0, 0.05) is 55.5 Å². The van der Waals surface area contributed by atoms with Crippen LogP contribution in [0.25, 0.3) is 0 Å². The van der Waals surface area contributed by atoms with Crippen LogP contribution in [0.3, 0.4) is 0 Å². The second-order valence-electron chi connectivity index (χ2n) is 12.2. The van der Waals surface area contributed by atoms with Gasteiger partial charge in [-0.1, -0.05) is 23.7 Å². The molecule has 1 aliphatic carbocycles. The van der Waals surface area contributed by atoms with Gasteiger partial charge in [-0.05, 0) is 74.1 Å². The summed E-state index contributed by atoms with van der Waals surface area (Å²) in [5.74, 6) is 0.399. The van der Waals surface area contributed by atoms with E-state index in [-0.39, 0.29) is 17.8 Å². The molecule has 13 nitrogen and oxygen atoms in total. The van der Waals surface area contributed by atoms with Gasteiger partial charge in [-0.3, -0.25) is 4.79 Å². The van der Waals surface area contributed by atoms with Crippen LogP contribution in [0.15, 0.2) is 53.5 Å². The third-order valence-corrected chi connectivity index (χ3v) is 8.82. The smallest absolute Gasteiger partial charge is 0.422 e. The van der Waals surface area contributed by atoms with Crippen molar-refractivity contribution in [2.45, 2.75) is 43.8 Å². The number of carbonyl (C=O) groups is 2. The first-order valence-corrected chi connectivity index (χ1v) is 16.4. The standard InChI is InChI=1S/C32H36ClF3N10O3/c33-23-8-6-22(7-9-23)31(12-13-31)43-28-40-27(41-29(42-28)49-20-32(34,35)36)38-24-10-4-21(5-11-24)25(47)44-16-18-46(19-17-44)30(39-26(37)48)45-14-2-1-3-15-45/h4-11H,1-3,12-20H2,(H2,37,48)(H2,38,40,41,42,43)/b39-30+. The number of primary amides is 1. The first-order chi connectivity index (χ1) is 23.5. The van der Waals surface area contributed by atoms with Crippen molar-refractivity contribution in [2.24, 2.45) is 10.7 Å². The predicted molar refractivity (Wildman–Crippen MR) is 177 cm³/mol. The number of hydrogen-bond donors (Lipinski definition) is 3. The normalized spacial score (nSPS) is 17.8. The highest BCUT2D eigenvalue weighted by Gasteiger charge is 2.45. The number of urea groups is 1. The average molecular weight is 701 g/mol. The number of likely N-dealkylation sites (tertiary alicyclic amines) is 1. The Morgan fingerprint density at radius 3 is 2.08 bits per heavy atom. The SMILES string of the molecule is NC(=O)/N=C(\N1CCCCC1)N1CCN(C(=O)c2ccc(Nc3nc(NC4(c5ccc(Cl)cc5)CC4)nc(OCC(F)(F)F)n3)cc2)CC1. The molecule has 0 atom stereocenters. The molecule has 2 aliphatic heterocycles. The quantitative estimate of drug-likeness (QED) is 0.216. The Hall–Kier alpha value is -4.86. The zero-order valence-corrected chi connectivity index (χ0v) is 27.3. The molecule has 6 rings (SSSR count). The van der Waals surface area contributed by atoms with Crippen LogP contribution >= 0.6 is 11.6 Å². The summed E-state index contributed by atoms with van der Waals surface area (Å²) < 4.78 is 43.7. The van der Waals surface area contributed by atoms with Crippen LogP contribution in [-0.4, -0.2) is 99.6 Å². The van der Waals surface area contributed by atoms with E-state index in [0.29, 0.717) is 48.4 Å². The molecule has 3 fully saturated rings. The van der Waals surface area contributed by atoms with E-state index in [1.165, 1.54) is 0 Å². The Labute approximate surface area is 285 Å². The number of nitrogens with two attached hydrogens (primary N) is 1. The number of nitrogens with zero attached hydrogens (tertiary/aromatic N) is 7. The van der Waals surface area contributed by atoms with Gasteiger partial charge in [0.05, 0.1) is 5.54 Å². The number of nitrogens with one attached hydrogen (secondary N) is 2. The number of hydrogen-bond acceptors (Lipinski definition) is 8. The molecule has 3 heterocycles. The molecule has 2 saturated heterocycles. The van der Waals surface area contributed by atoms with Crippen molar-refractivity contribution in [3.63, 3.8) is 0 Å². The number of carbonyl (C=O) groups excluding carboxylic acids is 2. The zero-order valence-electron chi connectivity index (χ0n) is 26.5. The van der Waals surface area contributed by atoms with Crippen LogP contribution in [0.5, 0.6) is 6.01 Å². The largest absolute Gasteiger partial charge is 0.454 e. The summed E-state index contributed by atoms with van der Waals surface area (Å²) in [5, 5.41) is 6.79. The summed E-state index contributed by atoms with van der Waals surface area (Å²) in [6.45, 7) is 1.91. The maximum Gasteiger partial charge on any atom is 0.422 e. The van der Waals surface area contributed by atoms with Crippen molar-refractivity contribution < 1.29 is 27.5 Å². The first kappa shape index (κ1) is 34.0. The second kappa shape index (κ2) is 14.3. The lowest BCUT2D eigenvalue weighted by molar-refractivity contribution is -0.154. The Kier molecular flexibility index (Phi) is 9.94. The van der Waals surface area contributed by atoms with E-state index in [9.17, 15) is 22.8 Å². The van der Waals surface area contributed by atoms with Gasteiger partial charge in [0.2, 0.25) is 17.9 Å². The lowest BCUT2D eigenvalue weighted by atomic mass is 10.1. The molecule has 1 saturated carbocycles. The molecular weight excluding hydrogens is 665 g/mol. The van der Waals surface area contributed by atoms with E-state index in [4.69, 9.17) is 22.1 Å². The number of anilines is 3. The molecule has 0 spiro atoms. The monoisotopic (exact) mass is 700 g/mol. The third kappa shape index (κ3) is 8.79. The minimum atomic E-state index is -4.59. The first-order valence-electron chi connectivity index (χ1n) is 16.0. The lowest BCUT2D eigenvalue weighted by Crippen LogP contribution is -2.55. The number of piperidine rings is 1. The molecule has 17 heteroatoms. The number of halogens is 4. The van der Waals surface area contributed by atoms with E-state index in [1.54, 1.807) is 41.3 Å². The average Bonchev–Trinajstić information content (AvgIpc) is 3.87. The molecule has 0 bridgehead atoms. The van der Waals surface area contributed by atoms with E-state index in [1.807, 2.05) is 17.0 Å². The van der Waals surface area contributed by atoms with E-state index >= 15 is 0 Å². The van der Waals surface area contributed by atoms with Gasteiger partial charge in [-0.2, -0.15) is 33.1 Å². The van der Waals surface area contributed by atoms with Crippen molar-refractivity contribution in [2.75, 3.05) is 56.5 Å². The molecule has 4 N–H and O–H groups in total. The highest BCUT2D eigenvalue weighted by molar-refractivity contribution is 6.30. The van der Waals surface area contributed by atoms with Crippen LogP contribution < -0.4 is 21.1 Å². The van der Waals surface area contributed by atoms with Gasteiger partial charge >= 0.3 is 18.2 Å². The van der Waals surface area contributed by atoms with Gasteiger partial charge in [-0.25, -0.2) is 4.79 Å². The molecule has 260 valence electrons. The number of amides is 3. The highest BCUT2D eigenvalue weighted by atomic mass is 35.5. The molecule has 0 radical (unpaired) electrons. The number of ether oxygens (including phenoxy) is 1. The van der Waals surface area contributed by atoms with Gasteiger partial charge < -0.3 is 35.8 Å². The summed E-state index contributed by atoms with van der Waals surface area (Å²) >= 11 is 6.04. The highest BCUT2D eigenvalue weighted by Crippen LogP contribution is 2.48. The van der Waals surface area contributed by atoms with E-state index < -0.39 is 30.4 Å². The fourth-order valence-electron chi connectivity index (χ4n) is 5.92. The number of guanidine groups is 1. The molecule has 49 heavy (non-hydrogen) atoms. The number of alkyl halides is 3. The third-order valence-electron chi connectivity index (χ3n) is 8.56. The maximum atomic E-state index is 13.4. The minimum absolute atomic E-state index is 0.0392. The van der Waals surface area contributed by atoms with Crippen molar-refractivity contribution in [1.82, 2.24) is 29.7 Å². The van der Waals surface area contributed by atoms with Crippen LogP contribution in [0, 0.1) is 0 Å². The predicted octanol–water partition coefficient (Wildman–Crippen LogP) is 4.99. The summed E-state index contributed by atoms with van der Waals surface area (Å²) in [4.78, 5) is 47.4. The van der Waals surface area contributed by atoms with Crippen molar-refractivity contribution in [1.29, 1.82) is 0 Å². The molecular formula is C32H36ClF3N10O3. The van der Waals surface area contributed by atoms with Gasteiger partial charge in [0.25, 0.3) is 5.91 Å². The molecule has 0 unspecified atom stereocenters. The Morgan fingerprint density at radius 2 is 1.47 bits per heavy atom. The Morgan fingerprint density at radius 1 is 0.857 bits per heavy atom. The van der Waals surface area contributed by atoms with Crippen molar-refractivity contribution in [3.05, 3.63) is 64.7 Å². The summed E-state index contributed by atoms with van der Waals surface area (Å²) in [6, 6.07) is 12.6. The molecule has 2 aromatic carbocycles. The maximum absolute atomic E-state index is 13.4. The molecule has 1 aromatic heterocycles. The van der Waals surface area contributed by atoms with Crippen molar-refractivity contribution in [3.8, 4) is 6.01 Å². The number of piperazine rings is 1. The fourth-order valence-corrected chi connectivity index (χ4v) is 6.05. The summed E-state index contributed by atoms with van der Waals surface area (Å²) in [5.41, 5.74) is 6.78. The second-order valence-corrected chi connectivity index (χ2v) is 12.6. The fraction of sp³-hybridized carbons (Fsp3) is 0.438. The van der Waals surface area contributed by atoms with E-state index in [0.717, 1.165) is 50.8 Å².